The molecule has 124 valence electrons. The van der Waals surface area contributed by atoms with Crippen molar-refractivity contribution in [2.24, 2.45) is 0 Å². The molecular weight excluding hydrogens is 322 g/mol. The molecule has 1 aromatic carbocycles. The number of nitrogens with one attached hydrogen (secondary N) is 1. The second-order valence-corrected chi connectivity index (χ2v) is 6.39. The predicted molar refractivity (Wildman–Crippen MR) is 83.0 cm³/mol. The fourth-order valence-electron chi connectivity index (χ4n) is 2.01. The highest BCUT2D eigenvalue weighted by atomic mass is 32.2. The first-order valence-electron chi connectivity index (χ1n) is 6.80. The lowest BCUT2D eigenvalue weighted by Gasteiger charge is -2.10. The summed E-state index contributed by atoms with van der Waals surface area (Å²) in [5, 5.41) is 13.0. The molecule has 0 aliphatic heterocycles. The van der Waals surface area contributed by atoms with Crippen molar-refractivity contribution in [2.45, 2.75) is 24.8 Å². The number of hydrogen-bond acceptors (Lipinski definition) is 5. The van der Waals surface area contributed by atoms with Gasteiger partial charge in [-0.05, 0) is 25.1 Å². The summed E-state index contributed by atoms with van der Waals surface area (Å²) in [6.45, 7) is 2.50. The fraction of sp³-hybridized carbons (Fsp3) is 0.286. The average Bonchev–Trinajstić information content (AvgIpc) is 2.93. The highest BCUT2D eigenvalue weighted by Crippen LogP contribution is 2.24. The molecule has 2 N–H and O–H groups in total. The molecule has 2 aromatic rings. The van der Waals surface area contributed by atoms with Crippen molar-refractivity contribution >= 4 is 21.8 Å². The first-order chi connectivity index (χ1) is 10.9. The van der Waals surface area contributed by atoms with Crippen molar-refractivity contribution in [1.29, 1.82) is 0 Å². The summed E-state index contributed by atoms with van der Waals surface area (Å²) in [5.41, 5.74) is 0.280. The number of aryl methyl sites for hydroxylation is 1. The van der Waals surface area contributed by atoms with Crippen LogP contribution in [0, 0.1) is 0 Å². The standard InChI is InChI=1S/C14H17N3O5S/c1-3-17-7-6-13(15-17)16-23(20,21)11-4-5-12(22-2)10(8-11)9-14(18)19/h4-8H,3,9H2,1-2H3,(H,15,16)(H,18,19). The lowest BCUT2D eigenvalue weighted by molar-refractivity contribution is -0.136. The van der Waals surface area contributed by atoms with Crippen molar-refractivity contribution < 1.29 is 23.1 Å². The van der Waals surface area contributed by atoms with Gasteiger partial charge < -0.3 is 9.84 Å². The Balaban J connectivity index is 2.33. The summed E-state index contributed by atoms with van der Waals surface area (Å²) in [4.78, 5) is 10.8. The van der Waals surface area contributed by atoms with Gasteiger partial charge in [-0.3, -0.25) is 14.2 Å². The van der Waals surface area contributed by atoms with Crippen molar-refractivity contribution in [3.63, 3.8) is 0 Å². The van der Waals surface area contributed by atoms with E-state index in [0.717, 1.165) is 0 Å². The minimum atomic E-state index is -3.87. The Bertz CT molecular complexity index is 814. The maximum absolute atomic E-state index is 12.4. The first kappa shape index (κ1) is 16.8. The maximum atomic E-state index is 12.4. The molecule has 0 amide bonds. The Morgan fingerprint density at radius 3 is 2.70 bits per heavy atom. The van der Waals surface area contributed by atoms with Crippen molar-refractivity contribution in [2.75, 3.05) is 11.8 Å². The van der Waals surface area contributed by atoms with Crippen LogP contribution in [0.4, 0.5) is 5.82 Å². The average molecular weight is 339 g/mol. The highest BCUT2D eigenvalue weighted by molar-refractivity contribution is 7.92. The Morgan fingerprint density at radius 2 is 2.13 bits per heavy atom. The van der Waals surface area contributed by atoms with Gasteiger partial charge in [0.1, 0.15) is 5.75 Å². The number of methoxy groups -OCH3 is 1. The van der Waals surface area contributed by atoms with Gasteiger partial charge in [-0.25, -0.2) is 8.42 Å². The fourth-order valence-corrected chi connectivity index (χ4v) is 3.06. The SMILES string of the molecule is CCn1ccc(NS(=O)(=O)c2ccc(OC)c(CC(=O)O)c2)n1. The normalized spacial score (nSPS) is 11.2. The van der Waals surface area contributed by atoms with Crippen molar-refractivity contribution in [1.82, 2.24) is 9.78 Å². The van der Waals surface area contributed by atoms with Gasteiger partial charge in [-0.15, -0.1) is 0 Å². The van der Waals surface area contributed by atoms with Gasteiger partial charge in [0.05, 0.1) is 18.4 Å². The van der Waals surface area contributed by atoms with Crippen LogP contribution in [-0.2, 0) is 27.8 Å². The third-order valence-electron chi connectivity index (χ3n) is 3.11. The van der Waals surface area contributed by atoms with Gasteiger partial charge in [-0.2, -0.15) is 5.10 Å². The third-order valence-corrected chi connectivity index (χ3v) is 4.46. The Labute approximate surface area is 133 Å². The molecular formula is C14H17N3O5S. The van der Waals surface area contributed by atoms with Crippen LogP contribution in [0.25, 0.3) is 0 Å². The Morgan fingerprint density at radius 1 is 1.39 bits per heavy atom. The third kappa shape index (κ3) is 4.01. The number of rotatable bonds is 7. The highest BCUT2D eigenvalue weighted by Gasteiger charge is 2.18. The number of aromatic nitrogens is 2. The van der Waals surface area contributed by atoms with Gasteiger partial charge in [0, 0.05) is 24.4 Å². The van der Waals surface area contributed by atoms with Crippen LogP contribution < -0.4 is 9.46 Å². The molecule has 0 aliphatic rings. The molecule has 0 spiro atoms. The molecule has 9 heteroatoms. The van der Waals surface area contributed by atoms with Gasteiger partial charge in [0.25, 0.3) is 10.0 Å². The summed E-state index contributed by atoms with van der Waals surface area (Å²) in [7, 11) is -2.47. The molecule has 23 heavy (non-hydrogen) atoms. The van der Waals surface area contributed by atoms with Crippen LogP contribution in [0.3, 0.4) is 0 Å². The number of carboxylic acid groups (broad SMARTS) is 1. The molecule has 0 saturated carbocycles. The molecule has 0 aliphatic carbocycles. The van der Waals surface area contributed by atoms with E-state index in [2.05, 4.69) is 9.82 Å². The summed E-state index contributed by atoms with van der Waals surface area (Å²) >= 11 is 0. The molecule has 2 rings (SSSR count). The van der Waals surface area contributed by atoms with Crippen molar-refractivity contribution in [3.8, 4) is 5.75 Å². The quantitative estimate of drug-likeness (QED) is 0.787. The lowest BCUT2D eigenvalue weighted by atomic mass is 10.1. The predicted octanol–water partition coefficient (Wildman–Crippen LogP) is 1.34. The molecule has 1 heterocycles. The number of hydrogen-bond donors (Lipinski definition) is 2. The van der Waals surface area contributed by atoms with E-state index in [0.29, 0.717) is 12.3 Å². The second-order valence-electron chi connectivity index (χ2n) is 4.71. The van der Waals surface area contributed by atoms with Gasteiger partial charge in [0.2, 0.25) is 0 Å². The maximum Gasteiger partial charge on any atom is 0.307 e. The summed E-state index contributed by atoms with van der Waals surface area (Å²) < 4.78 is 33.8. The molecule has 0 radical (unpaired) electrons. The van der Waals surface area contributed by atoms with Gasteiger partial charge >= 0.3 is 5.97 Å². The number of benzene rings is 1. The minimum absolute atomic E-state index is 0.0550. The molecule has 1 aromatic heterocycles. The van der Waals surface area contributed by atoms with Crippen LogP contribution in [0.15, 0.2) is 35.4 Å². The van der Waals surface area contributed by atoms with E-state index in [1.807, 2.05) is 6.92 Å². The molecule has 8 nitrogen and oxygen atoms in total. The Kier molecular flexibility index (Phi) is 4.89. The molecule has 0 bridgehead atoms. The van der Waals surface area contributed by atoms with E-state index in [1.165, 1.54) is 25.3 Å². The number of nitrogens with zero attached hydrogens (tertiary/aromatic N) is 2. The van der Waals surface area contributed by atoms with Crippen LogP contribution in [-0.4, -0.2) is 36.4 Å². The molecule has 0 atom stereocenters. The zero-order chi connectivity index (χ0) is 17.0. The van der Waals surface area contributed by atoms with Crippen molar-refractivity contribution in [3.05, 3.63) is 36.0 Å². The van der Waals surface area contributed by atoms with E-state index in [4.69, 9.17) is 9.84 Å². The smallest absolute Gasteiger partial charge is 0.307 e. The number of sulfonamides is 1. The zero-order valence-electron chi connectivity index (χ0n) is 12.7. The molecule has 0 unspecified atom stereocenters. The van der Waals surface area contributed by atoms with Gasteiger partial charge in [-0.1, -0.05) is 0 Å². The van der Waals surface area contributed by atoms with Crippen LogP contribution in [0.1, 0.15) is 12.5 Å². The van der Waals surface area contributed by atoms with E-state index >= 15 is 0 Å². The largest absolute Gasteiger partial charge is 0.496 e. The number of ether oxygens (including phenoxy) is 1. The molecule has 0 saturated heterocycles. The van der Waals surface area contributed by atoms with E-state index in [1.54, 1.807) is 16.9 Å². The lowest BCUT2D eigenvalue weighted by Crippen LogP contribution is -2.14. The number of carbonyl (C=O) groups is 1. The zero-order valence-corrected chi connectivity index (χ0v) is 13.5. The van der Waals surface area contributed by atoms with E-state index in [-0.39, 0.29) is 22.7 Å². The summed E-state index contributed by atoms with van der Waals surface area (Å²) in [6.07, 6.45) is 1.32. The monoisotopic (exact) mass is 339 g/mol. The van der Waals surface area contributed by atoms with E-state index in [9.17, 15) is 13.2 Å². The minimum Gasteiger partial charge on any atom is -0.496 e. The number of carboxylic acids is 1. The number of aliphatic carboxylic acids is 1. The molecule has 0 fully saturated rings. The van der Waals surface area contributed by atoms with E-state index < -0.39 is 16.0 Å². The van der Waals surface area contributed by atoms with Crippen LogP contribution >= 0.6 is 0 Å². The topological polar surface area (TPSA) is 111 Å². The first-order valence-corrected chi connectivity index (χ1v) is 8.29. The second kappa shape index (κ2) is 6.69. The number of anilines is 1. The summed E-state index contributed by atoms with van der Waals surface area (Å²) in [5.74, 6) is -0.559. The van der Waals surface area contributed by atoms with Gasteiger partial charge in [0.15, 0.2) is 5.82 Å². The van der Waals surface area contributed by atoms with Crippen LogP contribution in [0.2, 0.25) is 0 Å². The van der Waals surface area contributed by atoms with Crippen LogP contribution in [0.5, 0.6) is 5.75 Å². The summed E-state index contributed by atoms with van der Waals surface area (Å²) in [6, 6.07) is 5.61. The Hall–Kier alpha value is -2.55.